The number of halogens is 3. The third-order valence-corrected chi connectivity index (χ3v) is 5.94. The van der Waals surface area contributed by atoms with Crippen LogP contribution < -0.4 is 29.7 Å². The molecule has 3 aromatic carbocycles. The summed E-state index contributed by atoms with van der Waals surface area (Å²) < 4.78 is 36.4. The molecule has 3 rings (SSSR count). The lowest BCUT2D eigenvalue weighted by atomic mass is 10.2. The Balaban J connectivity index is 1.69. The van der Waals surface area contributed by atoms with Crippen molar-refractivity contribution in [2.24, 2.45) is 5.10 Å². The number of ether oxygens (including phenoxy) is 4. The molecule has 0 aliphatic rings. The number of benzene rings is 3. The average molecular weight is 609 g/mol. The molecule has 0 heterocycles. The number of rotatable bonds is 10. The van der Waals surface area contributed by atoms with Crippen LogP contribution in [0.4, 0.5) is 10.1 Å². The zero-order valence-corrected chi connectivity index (χ0v) is 23.0. The van der Waals surface area contributed by atoms with Gasteiger partial charge >= 0.3 is 11.8 Å². The monoisotopic (exact) mass is 607 g/mol. The molecule has 0 radical (unpaired) electrons. The van der Waals surface area contributed by atoms with Gasteiger partial charge in [-0.2, -0.15) is 5.10 Å². The second-order valence-electron chi connectivity index (χ2n) is 7.47. The van der Waals surface area contributed by atoms with Crippen LogP contribution in [0.2, 0.25) is 5.02 Å². The standard InChI is InChI=1S/C26H24BrClFN3O6/c1-4-37-23-11-15(10-18(27)24(23)38-14-17-19(28)6-5-7-20(17)29)13-30-32-26(34)25(33)31-21-12-16(35-2)8-9-22(21)36-3/h5-13H,4,14H2,1-3H3,(H,31,33)(H,32,34)/b30-13+. The van der Waals surface area contributed by atoms with Gasteiger partial charge in [-0.25, -0.2) is 9.82 Å². The number of hydrazone groups is 1. The summed E-state index contributed by atoms with van der Waals surface area (Å²) in [6, 6.07) is 12.4. The third kappa shape index (κ3) is 7.36. The molecule has 200 valence electrons. The van der Waals surface area contributed by atoms with Gasteiger partial charge in [-0.3, -0.25) is 9.59 Å². The fourth-order valence-electron chi connectivity index (χ4n) is 3.19. The first-order valence-electron chi connectivity index (χ1n) is 11.2. The largest absolute Gasteiger partial charge is 0.497 e. The molecule has 38 heavy (non-hydrogen) atoms. The van der Waals surface area contributed by atoms with Crippen LogP contribution in [0.1, 0.15) is 18.1 Å². The Morgan fingerprint density at radius 2 is 1.84 bits per heavy atom. The number of anilines is 1. The summed E-state index contributed by atoms with van der Waals surface area (Å²) in [6.07, 6.45) is 1.32. The number of methoxy groups -OCH3 is 2. The van der Waals surface area contributed by atoms with Crippen molar-refractivity contribution in [3.8, 4) is 23.0 Å². The maximum Gasteiger partial charge on any atom is 0.329 e. The van der Waals surface area contributed by atoms with E-state index in [1.54, 1.807) is 37.3 Å². The Hall–Kier alpha value is -3.83. The third-order valence-electron chi connectivity index (χ3n) is 5.00. The van der Waals surface area contributed by atoms with Gasteiger partial charge in [0.05, 0.1) is 42.2 Å². The van der Waals surface area contributed by atoms with Gasteiger partial charge < -0.3 is 24.3 Å². The van der Waals surface area contributed by atoms with Crippen molar-refractivity contribution in [2.75, 3.05) is 26.1 Å². The fraction of sp³-hybridized carbons (Fsp3) is 0.192. The van der Waals surface area contributed by atoms with E-state index < -0.39 is 17.6 Å². The van der Waals surface area contributed by atoms with E-state index in [0.717, 1.165) is 0 Å². The van der Waals surface area contributed by atoms with Crippen molar-refractivity contribution in [1.82, 2.24) is 5.43 Å². The Kier molecular flexibility index (Phi) is 10.3. The molecule has 2 N–H and O–H groups in total. The predicted molar refractivity (Wildman–Crippen MR) is 145 cm³/mol. The highest BCUT2D eigenvalue weighted by Crippen LogP contribution is 2.37. The van der Waals surface area contributed by atoms with Crippen molar-refractivity contribution >= 4 is 51.2 Å². The minimum atomic E-state index is -1.00. The van der Waals surface area contributed by atoms with Crippen molar-refractivity contribution in [1.29, 1.82) is 0 Å². The maximum atomic E-state index is 14.1. The van der Waals surface area contributed by atoms with Crippen LogP contribution in [0.5, 0.6) is 23.0 Å². The Bertz CT molecular complexity index is 1330. The molecule has 0 saturated heterocycles. The number of nitrogens with zero attached hydrogens (tertiary/aromatic N) is 1. The summed E-state index contributed by atoms with van der Waals surface area (Å²) >= 11 is 9.50. The molecule has 2 amide bonds. The van der Waals surface area contributed by atoms with Gasteiger partial charge in [-0.05, 0) is 64.8 Å². The first kappa shape index (κ1) is 28.7. The molecular weight excluding hydrogens is 585 g/mol. The van der Waals surface area contributed by atoms with Crippen molar-refractivity contribution in [3.05, 3.63) is 75.0 Å². The normalized spacial score (nSPS) is 10.7. The quantitative estimate of drug-likeness (QED) is 0.183. The van der Waals surface area contributed by atoms with E-state index in [4.69, 9.17) is 30.5 Å². The Morgan fingerprint density at radius 3 is 2.53 bits per heavy atom. The molecule has 0 aromatic heterocycles. The van der Waals surface area contributed by atoms with Crippen LogP contribution in [-0.2, 0) is 16.2 Å². The summed E-state index contributed by atoms with van der Waals surface area (Å²) in [4.78, 5) is 24.6. The minimum Gasteiger partial charge on any atom is -0.497 e. The number of nitrogens with one attached hydrogen (secondary N) is 2. The SMILES string of the molecule is CCOc1cc(/C=N/NC(=O)C(=O)Nc2cc(OC)ccc2OC)cc(Br)c1OCc1c(F)cccc1Cl. The minimum absolute atomic E-state index is 0.124. The van der Waals surface area contributed by atoms with E-state index in [9.17, 15) is 14.0 Å². The molecule has 0 spiro atoms. The zero-order chi connectivity index (χ0) is 27.7. The number of hydrogen-bond donors (Lipinski definition) is 2. The lowest BCUT2D eigenvalue weighted by Gasteiger charge is -2.15. The summed E-state index contributed by atoms with van der Waals surface area (Å²) in [7, 11) is 2.91. The number of carbonyl (C=O) groups excluding carboxylic acids is 2. The van der Waals surface area contributed by atoms with Gasteiger partial charge in [0.2, 0.25) is 0 Å². The number of hydrogen-bond acceptors (Lipinski definition) is 7. The first-order valence-corrected chi connectivity index (χ1v) is 12.3. The summed E-state index contributed by atoms with van der Waals surface area (Å²) in [6.45, 7) is 2.00. The van der Waals surface area contributed by atoms with Crippen LogP contribution in [0.3, 0.4) is 0 Å². The van der Waals surface area contributed by atoms with Crippen LogP contribution in [0.25, 0.3) is 0 Å². The molecule has 9 nitrogen and oxygen atoms in total. The van der Waals surface area contributed by atoms with E-state index in [1.165, 1.54) is 38.6 Å². The first-order chi connectivity index (χ1) is 18.3. The predicted octanol–water partition coefficient (Wildman–Crippen LogP) is 5.33. The van der Waals surface area contributed by atoms with Gasteiger partial charge in [0.15, 0.2) is 11.5 Å². The number of amides is 2. The molecule has 3 aromatic rings. The van der Waals surface area contributed by atoms with E-state index >= 15 is 0 Å². The molecule has 0 saturated carbocycles. The zero-order valence-electron chi connectivity index (χ0n) is 20.6. The fourth-order valence-corrected chi connectivity index (χ4v) is 3.98. The number of carbonyl (C=O) groups is 2. The summed E-state index contributed by atoms with van der Waals surface area (Å²) in [5.41, 5.74) is 3.15. The van der Waals surface area contributed by atoms with E-state index in [-0.39, 0.29) is 22.9 Å². The maximum absolute atomic E-state index is 14.1. The van der Waals surface area contributed by atoms with E-state index in [0.29, 0.717) is 39.6 Å². The molecule has 0 unspecified atom stereocenters. The lowest BCUT2D eigenvalue weighted by molar-refractivity contribution is -0.136. The highest BCUT2D eigenvalue weighted by molar-refractivity contribution is 9.10. The van der Waals surface area contributed by atoms with Crippen molar-refractivity contribution < 1.29 is 32.9 Å². The molecule has 0 aliphatic carbocycles. The van der Waals surface area contributed by atoms with Gasteiger partial charge in [0, 0.05) is 11.6 Å². The highest BCUT2D eigenvalue weighted by atomic mass is 79.9. The van der Waals surface area contributed by atoms with Gasteiger partial charge in [-0.15, -0.1) is 0 Å². The van der Waals surface area contributed by atoms with Crippen molar-refractivity contribution in [3.63, 3.8) is 0 Å². The Morgan fingerprint density at radius 1 is 1.05 bits per heavy atom. The smallest absolute Gasteiger partial charge is 0.329 e. The average Bonchev–Trinajstić information content (AvgIpc) is 2.89. The molecule has 0 fully saturated rings. The second-order valence-corrected chi connectivity index (χ2v) is 8.73. The molecular formula is C26H24BrClFN3O6. The van der Waals surface area contributed by atoms with Gasteiger partial charge in [-0.1, -0.05) is 17.7 Å². The van der Waals surface area contributed by atoms with Crippen LogP contribution in [-0.4, -0.2) is 38.9 Å². The lowest BCUT2D eigenvalue weighted by Crippen LogP contribution is -2.32. The van der Waals surface area contributed by atoms with Gasteiger partial charge in [0.25, 0.3) is 0 Å². The summed E-state index contributed by atoms with van der Waals surface area (Å²) in [5.74, 6) is -0.940. The van der Waals surface area contributed by atoms with Gasteiger partial charge in [0.1, 0.15) is 23.9 Å². The topological polar surface area (TPSA) is 107 Å². The van der Waals surface area contributed by atoms with Crippen molar-refractivity contribution in [2.45, 2.75) is 13.5 Å². The molecule has 12 heteroatoms. The molecule has 0 atom stereocenters. The Labute approximate surface area is 232 Å². The van der Waals surface area contributed by atoms with E-state index in [2.05, 4.69) is 31.8 Å². The van der Waals surface area contributed by atoms with Crippen LogP contribution >= 0.6 is 27.5 Å². The summed E-state index contributed by atoms with van der Waals surface area (Å²) in [5, 5.41) is 6.54. The van der Waals surface area contributed by atoms with Crippen LogP contribution in [0, 0.1) is 5.82 Å². The molecule has 0 aliphatic heterocycles. The second kappa shape index (κ2) is 13.6. The van der Waals surface area contributed by atoms with E-state index in [1.807, 2.05) is 0 Å². The van der Waals surface area contributed by atoms with Crippen LogP contribution in [0.15, 0.2) is 58.1 Å². The molecule has 0 bridgehead atoms. The highest BCUT2D eigenvalue weighted by Gasteiger charge is 2.17.